The largest absolute Gasteiger partial charge is 0.385 e. The summed E-state index contributed by atoms with van der Waals surface area (Å²) in [5, 5.41) is -0.0851. The summed E-state index contributed by atoms with van der Waals surface area (Å²) in [5.41, 5.74) is 5.41. The number of nitrogen functional groups attached to an aromatic ring is 1. The molecule has 0 amide bonds. The Labute approximate surface area is 115 Å². The topological polar surface area (TPSA) is 78.1 Å². The number of aromatic nitrogens is 2. The molecule has 18 heavy (non-hydrogen) atoms. The van der Waals surface area contributed by atoms with Crippen LogP contribution in [0.3, 0.4) is 0 Å². The van der Waals surface area contributed by atoms with Crippen LogP contribution in [0.5, 0.6) is 0 Å². The van der Waals surface area contributed by atoms with Gasteiger partial charge in [0.15, 0.2) is 5.78 Å². The van der Waals surface area contributed by atoms with Gasteiger partial charge in [0.25, 0.3) is 0 Å². The Hall–Kier alpha value is -1.17. The van der Waals surface area contributed by atoms with Crippen molar-refractivity contribution >= 4 is 34.9 Å². The van der Waals surface area contributed by atoms with Crippen LogP contribution >= 0.6 is 23.2 Å². The zero-order chi connectivity index (χ0) is 13.5. The van der Waals surface area contributed by atoms with E-state index in [1.165, 1.54) is 6.08 Å². The number of ether oxygens (including phenoxy) is 1. The van der Waals surface area contributed by atoms with Crippen molar-refractivity contribution in [1.29, 1.82) is 0 Å². The lowest BCUT2D eigenvalue weighted by Crippen LogP contribution is -2.04. The Kier molecular flexibility index (Phi) is 6.04. The molecule has 0 atom stereocenters. The minimum atomic E-state index is -0.345. The lowest BCUT2D eigenvalue weighted by molar-refractivity contribution is 0.104. The Bertz CT molecular complexity index is 441. The summed E-state index contributed by atoms with van der Waals surface area (Å²) in [6, 6.07) is 0. The van der Waals surface area contributed by atoms with Crippen LogP contribution < -0.4 is 5.73 Å². The van der Waals surface area contributed by atoms with E-state index in [-0.39, 0.29) is 27.6 Å². The fraction of sp³-hybridized carbons (Fsp3) is 0.364. The third-order valence-electron chi connectivity index (χ3n) is 2.07. The van der Waals surface area contributed by atoms with Crippen molar-refractivity contribution in [2.75, 3.05) is 19.5 Å². The summed E-state index contributed by atoms with van der Waals surface area (Å²) in [5.74, 6) is -0.409. The van der Waals surface area contributed by atoms with E-state index in [9.17, 15) is 4.79 Å². The lowest BCUT2D eigenvalue weighted by atomic mass is 10.2. The molecular weight excluding hydrogens is 277 g/mol. The van der Waals surface area contributed by atoms with Crippen molar-refractivity contribution in [2.45, 2.75) is 12.8 Å². The predicted molar refractivity (Wildman–Crippen MR) is 71.0 cm³/mol. The molecule has 0 saturated heterocycles. The highest BCUT2D eigenvalue weighted by Gasteiger charge is 2.15. The number of unbranched alkanes of at least 4 members (excludes halogenated alkanes) is 1. The van der Waals surface area contributed by atoms with Crippen molar-refractivity contribution in [2.24, 2.45) is 0 Å². The van der Waals surface area contributed by atoms with Crippen molar-refractivity contribution in [1.82, 2.24) is 9.97 Å². The van der Waals surface area contributed by atoms with E-state index in [1.54, 1.807) is 13.2 Å². The van der Waals surface area contributed by atoms with Crippen LogP contribution in [0.15, 0.2) is 12.2 Å². The highest BCUT2D eigenvalue weighted by Crippen LogP contribution is 2.22. The summed E-state index contributed by atoms with van der Waals surface area (Å²) in [6.07, 6.45) is 4.68. The number of carbonyl (C=O) groups excluding carboxylic acids is 1. The van der Waals surface area contributed by atoms with Crippen molar-refractivity contribution in [3.05, 3.63) is 28.0 Å². The molecule has 0 aliphatic rings. The average Bonchev–Trinajstić information content (AvgIpc) is 2.27. The second kappa shape index (κ2) is 7.31. The van der Waals surface area contributed by atoms with Gasteiger partial charge in [0.05, 0.1) is 5.56 Å². The van der Waals surface area contributed by atoms with Gasteiger partial charge in [-0.05, 0) is 18.9 Å². The third-order valence-corrected chi connectivity index (χ3v) is 2.62. The van der Waals surface area contributed by atoms with Gasteiger partial charge >= 0.3 is 0 Å². The molecule has 0 unspecified atom stereocenters. The van der Waals surface area contributed by atoms with Crippen LogP contribution in [0, 0.1) is 0 Å². The van der Waals surface area contributed by atoms with E-state index < -0.39 is 0 Å². The minimum Gasteiger partial charge on any atom is -0.385 e. The van der Waals surface area contributed by atoms with Crippen LogP contribution in [0.1, 0.15) is 23.2 Å². The molecule has 0 bridgehead atoms. The first-order valence-corrected chi connectivity index (χ1v) is 6.00. The molecule has 0 fully saturated rings. The van der Waals surface area contributed by atoms with Gasteiger partial charge < -0.3 is 10.5 Å². The molecule has 1 aromatic heterocycles. The molecule has 0 radical (unpaired) electrons. The van der Waals surface area contributed by atoms with Crippen LogP contribution in [-0.4, -0.2) is 29.5 Å². The molecule has 5 nitrogen and oxygen atoms in total. The first-order valence-electron chi connectivity index (χ1n) is 5.24. The second-order valence-electron chi connectivity index (χ2n) is 3.44. The van der Waals surface area contributed by atoms with E-state index in [0.29, 0.717) is 6.61 Å². The Morgan fingerprint density at radius 3 is 2.56 bits per heavy atom. The van der Waals surface area contributed by atoms with Crippen LogP contribution in [0.25, 0.3) is 0 Å². The summed E-state index contributed by atoms with van der Waals surface area (Å²) in [4.78, 5) is 19.2. The zero-order valence-corrected chi connectivity index (χ0v) is 11.3. The van der Waals surface area contributed by atoms with Gasteiger partial charge in [-0.2, -0.15) is 0 Å². The fourth-order valence-corrected chi connectivity index (χ4v) is 1.83. The van der Waals surface area contributed by atoms with E-state index in [4.69, 9.17) is 33.7 Å². The number of halogens is 2. The molecule has 0 saturated carbocycles. The second-order valence-corrected chi connectivity index (χ2v) is 4.16. The Morgan fingerprint density at radius 1 is 1.39 bits per heavy atom. The molecule has 0 spiro atoms. The minimum absolute atomic E-state index is 0.0426. The van der Waals surface area contributed by atoms with Gasteiger partial charge in [-0.1, -0.05) is 29.3 Å². The summed E-state index contributed by atoms with van der Waals surface area (Å²) >= 11 is 11.6. The number of hydrogen-bond acceptors (Lipinski definition) is 5. The quantitative estimate of drug-likeness (QED) is 0.377. The number of ketones is 1. The smallest absolute Gasteiger partial charge is 0.222 e. The third kappa shape index (κ3) is 4.25. The lowest BCUT2D eigenvalue weighted by Gasteiger charge is -2.02. The van der Waals surface area contributed by atoms with Gasteiger partial charge in [0.1, 0.15) is 10.3 Å². The highest BCUT2D eigenvalue weighted by atomic mass is 35.5. The number of nitrogens with zero attached hydrogens (tertiary/aromatic N) is 2. The molecular formula is C11H13Cl2N3O2. The van der Waals surface area contributed by atoms with Crippen molar-refractivity contribution in [3.63, 3.8) is 0 Å². The Balaban J connectivity index is 2.73. The summed E-state index contributed by atoms with van der Waals surface area (Å²) < 4.78 is 4.89. The normalized spacial score (nSPS) is 11.1. The average molecular weight is 290 g/mol. The first kappa shape index (κ1) is 14.9. The molecule has 98 valence electrons. The van der Waals surface area contributed by atoms with Gasteiger partial charge in [-0.25, -0.2) is 9.97 Å². The van der Waals surface area contributed by atoms with E-state index in [1.807, 2.05) is 0 Å². The molecule has 2 N–H and O–H groups in total. The van der Waals surface area contributed by atoms with E-state index in [2.05, 4.69) is 9.97 Å². The predicted octanol–water partition coefficient (Wildman–Crippen LogP) is 2.53. The molecule has 0 aliphatic heterocycles. The number of carbonyl (C=O) groups is 1. The summed E-state index contributed by atoms with van der Waals surface area (Å²) in [6.45, 7) is 0.644. The number of rotatable bonds is 6. The maximum atomic E-state index is 11.8. The molecule has 0 aromatic carbocycles. The van der Waals surface area contributed by atoms with Gasteiger partial charge in [-0.15, -0.1) is 0 Å². The van der Waals surface area contributed by atoms with E-state index >= 15 is 0 Å². The molecule has 0 aliphatic carbocycles. The maximum Gasteiger partial charge on any atom is 0.222 e. The number of allylic oxidation sites excluding steroid dienone is 2. The first-order chi connectivity index (χ1) is 8.56. The molecule has 1 heterocycles. The SMILES string of the molecule is COCCC/C=C/C(=O)c1c(Cl)nc(N)nc1Cl. The number of hydrogen-bond donors (Lipinski definition) is 1. The molecule has 1 rings (SSSR count). The van der Waals surface area contributed by atoms with Crippen LogP contribution in [0.4, 0.5) is 5.95 Å². The van der Waals surface area contributed by atoms with Gasteiger partial charge in [-0.3, -0.25) is 4.79 Å². The van der Waals surface area contributed by atoms with Crippen LogP contribution in [0.2, 0.25) is 10.3 Å². The van der Waals surface area contributed by atoms with Crippen molar-refractivity contribution < 1.29 is 9.53 Å². The molecule has 7 heteroatoms. The van der Waals surface area contributed by atoms with E-state index in [0.717, 1.165) is 12.8 Å². The standard InChI is InChI=1S/C11H13Cl2N3O2/c1-18-6-4-2-3-5-7(17)8-9(12)15-11(14)16-10(8)13/h3,5H,2,4,6H2,1H3,(H2,14,15,16)/b5-3+. The zero-order valence-electron chi connectivity index (χ0n) is 9.82. The number of nitrogens with two attached hydrogens (primary N) is 1. The summed E-state index contributed by atoms with van der Waals surface area (Å²) in [7, 11) is 1.63. The van der Waals surface area contributed by atoms with Crippen molar-refractivity contribution in [3.8, 4) is 0 Å². The fourth-order valence-electron chi connectivity index (χ4n) is 1.25. The van der Waals surface area contributed by atoms with Gasteiger partial charge in [0.2, 0.25) is 5.95 Å². The number of methoxy groups -OCH3 is 1. The molecule has 1 aromatic rings. The number of anilines is 1. The van der Waals surface area contributed by atoms with Crippen LogP contribution in [-0.2, 0) is 4.74 Å². The monoisotopic (exact) mass is 289 g/mol. The van der Waals surface area contributed by atoms with Gasteiger partial charge in [0, 0.05) is 13.7 Å². The maximum absolute atomic E-state index is 11.8. The highest BCUT2D eigenvalue weighted by molar-refractivity contribution is 6.39. The Morgan fingerprint density at radius 2 is 2.00 bits per heavy atom.